The van der Waals surface area contributed by atoms with Crippen LogP contribution in [0.25, 0.3) is 0 Å². The lowest BCUT2D eigenvalue weighted by molar-refractivity contribution is -0.122. The maximum atomic E-state index is 12.7. The normalized spacial score (nSPS) is 17.1. The maximum Gasteiger partial charge on any atom is 0.243 e. The fourth-order valence-corrected chi connectivity index (χ4v) is 4.74. The zero-order valence-electron chi connectivity index (χ0n) is 14.9. The Morgan fingerprint density at radius 2 is 1.84 bits per heavy atom. The van der Waals surface area contributed by atoms with Crippen LogP contribution >= 0.6 is 11.6 Å². The zero-order valence-corrected chi connectivity index (χ0v) is 16.4. The van der Waals surface area contributed by atoms with Crippen LogP contribution in [0.5, 0.6) is 0 Å². The van der Waals surface area contributed by atoms with Crippen molar-refractivity contribution in [3.8, 4) is 0 Å². The van der Waals surface area contributed by atoms with Crippen molar-refractivity contribution < 1.29 is 13.2 Å². The Morgan fingerprint density at radius 3 is 2.36 bits per heavy atom. The summed E-state index contributed by atoms with van der Waals surface area (Å²) in [6.45, 7) is 2.44. The molecule has 1 aliphatic rings. The minimum Gasteiger partial charge on any atom is -0.354 e. The molecular formula is C18H27ClN2O3S. The van der Waals surface area contributed by atoms with E-state index in [0.29, 0.717) is 29.6 Å². The quantitative estimate of drug-likeness (QED) is 0.778. The molecule has 0 aromatic heterocycles. The molecule has 0 aliphatic heterocycles. The molecule has 1 aliphatic carbocycles. The molecule has 1 aromatic carbocycles. The van der Waals surface area contributed by atoms with Gasteiger partial charge in [-0.25, -0.2) is 8.42 Å². The molecule has 5 nitrogen and oxygen atoms in total. The van der Waals surface area contributed by atoms with Crippen LogP contribution in [0.4, 0.5) is 5.69 Å². The highest BCUT2D eigenvalue weighted by molar-refractivity contribution is 7.92. The highest BCUT2D eigenvalue weighted by Crippen LogP contribution is 2.25. The molecule has 2 rings (SSSR count). The van der Waals surface area contributed by atoms with Crippen molar-refractivity contribution >= 4 is 33.2 Å². The van der Waals surface area contributed by atoms with Gasteiger partial charge in [0, 0.05) is 11.6 Å². The Balaban J connectivity index is 2.15. The monoisotopic (exact) mass is 386 g/mol. The van der Waals surface area contributed by atoms with Gasteiger partial charge in [0.25, 0.3) is 0 Å². The molecule has 0 saturated heterocycles. The largest absolute Gasteiger partial charge is 0.354 e. The van der Waals surface area contributed by atoms with Gasteiger partial charge in [-0.15, -0.1) is 0 Å². The van der Waals surface area contributed by atoms with Crippen LogP contribution in [0.15, 0.2) is 24.3 Å². The first-order valence-electron chi connectivity index (χ1n) is 8.85. The van der Waals surface area contributed by atoms with Gasteiger partial charge in [0.15, 0.2) is 0 Å². The standard InChI is InChI=1S/C18H27ClN2O3S/c1-3-17(18(22)20-13-14-7-5-4-6-8-14)21(25(2,23)24)16-11-9-15(19)10-12-16/h9-12,14,17H,3-8,13H2,1-2H3,(H,20,22)/t17-/m0/s1. The zero-order chi connectivity index (χ0) is 18.4. The number of anilines is 1. The van der Waals surface area contributed by atoms with Crippen LogP contribution in [0.3, 0.4) is 0 Å². The van der Waals surface area contributed by atoms with Gasteiger partial charge in [-0.2, -0.15) is 0 Å². The summed E-state index contributed by atoms with van der Waals surface area (Å²) in [7, 11) is -3.60. The van der Waals surface area contributed by atoms with Crippen molar-refractivity contribution in [1.82, 2.24) is 5.32 Å². The molecule has 140 valence electrons. The Labute approximate surface area is 155 Å². The van der Waals surface area contributed by atoms with Crippen LogP contribution in [0.2, 0.25) is 5.02 Å². The Hall–Kier alpha value is -1.27. The number of rotatable bonds is 7. The van der Waals surface area contributed by atoms with Gasteiger partial charge in [-0.3, -0.25) is 9.10 Å². The second kappa shape index (κ2) is 8.90. The van der Waals surface area contributed by atoms with Crippen LogP contribution in [-0.4, -0.2) is 33.2 Å². The molecule has 0 spiro atoms. The van der Waals surface area contributed by atoms with Gasteiger partial charge >= 0.3 is 0 Å². The molecule has 0 bridgehead atoms. The number of hydrogen-bond donors (Lipinski definition) is 1. The molecule has 1 aromatic rings. The molecule has 1 N–H and O–H groups in total. The van der Waals surface area contributed by atoms with E-state index in [9.17, 15) is 13.2 Å². The summed E-state index contributed by atoms with van der Waals surface area (Å²) in [4.78, 5) is 12.7. The van der Waals surface area contributed by atoms with Crippen molar-refractivity contribution in [3.05, 3.63) is 29.3 Å². The minimum absolute atomic E-state index is 0.242. The molecule has 0 unspecified atom stereocenters. The number of nitrogens with zero attached hydrogens (tertiary/aromatic N) is 1. The number of benzene rings is 1. The predicted molar refractivity (Wildman–Crippen MR) is 102 cm³/mol. The summed E-state index contributed by atoms with van der Waals surface area (Å²) in [6, 6.07) is 5.74. The Kier molecular flexibility index (Phi) is 7.14. The topological polar surface area (TPSA) is 66.5 Å². The molecule has 1 atom stereocenters. The fraction of sp³-hybridized carbons (Fsp3) is 0.611. The highest BCUT2D eigenvalue weighted by Gasteiger charge is 2.31. The van der Waals surface area contributed by atoms with Gasteiger partial charge in [-0.05, 0) is 49.4 Å². The lowest BCUT2D eigenvalue weighted by Gasteiger charge is -2.31. The smallest absolute Gasteiger partial charge is 0.243 e. The Bertz CT molecular complexity index is 670. The first kappa shape index (κ1) is 20.0. The summed E-state index contributed by atoms with van der Waals surface area (Å²) in [5, 5.41) is 3.49. The Morgan fingerprint density at radius 1 is 1.24 bits per heavy atom. The van der Waals surface area contributed by atoms with E-state index in [1.165, 1.54) is 23.6 Å². The third-order valence-corrected chi connectivity index (χ3v) is 6.13. The molecule has 25 heavy (non-hydrogen) atoms. The average Bonchev–Trinajstić information content (AvgIpc) is 2.58. The van der Waals surface area contributed by atoms with Crippen molar-refractivity contribution in [2.75, 3.05) is 17.1 Å². The molecule has 1 saturated carbocycles. The van der Waals surface area contributed by atoms with Crippen molar-refractivity contribution in [3.63, 3.8) is 0 Å². The molecule has 7 heteroatoms. The van der Waals surface area contributed by atoms with Gasteiger partial charge < -0.3 is 5.32 Å². The summed E-state index contributed by atoms with van der Waals surface area (Å²) >= 11 is 5.90. The molecule has 0 heterocycles. The van der Waals surface area contributed by atoms with Crippen LogP contribution < -0.4 is 9.62 Å². The van der Waals surface area contributed by atoms with Crippen LogP contribution in [0, 0.1) is 5.92 Å². The van der Waals surface area contributed by atoms with E-state index in [2.05, 4.69) is 5.32 Å². The number of carbonyl (C=O) groups excluding carboxylic acids is 1. The summed E-state index contributed by atoms with van der Waals surface area (Å²) in [5.41, 5.74) is 0.451. The molecule has 1 amide bonds. The van der Waals surface area contributed by atoms with Crippen LogP contribution in [-0.2, 0) is 14.8 Å². The van der Waals surface area contributed by atoms with E-state index < -0.39 is 16.1 Å². The molecular weight excluding hydrogens is 360 g/mol. The van der Waals surface area contributed by atoms with E-state index in [0.717, 1.165) is 19.1 Å². The average molecular weight is 387 g/mol. The van der Waals surface area contributed by atoms with Crippen molar-refractivity contribution in [2.24, 2.45) is 5.92 Å². The van der Waals surface area contributed by atoms with Gasteiger partial charge in [-0.1, -0.05) is 37.8 Å². The van der Waals surface area contributed by atoms with E-state index in [4.69, 9.17) is 11.6 Å². The first-order valence-corrected chi connectivity index (χ1v) is 11.1. The second-order valence-electron chi connectivity index (χ2n) is 6.71. The molecule has 1 fully saturated rings. The fourth-order valence-electron chi connectivity index (χ4n) is 3.40. The number of carbonyl (C=O) groups is 1. The second-order valence-corrected chi connectivity index (χ2v) is 9.00. The number of amides is 1. The number of hydrogen-bond acceptors (Lipinski definition) is 3. The van der Waals surface area contributed by atoms with Gasteiger partial charge in [0.1, 0.15) is 6.04 Å². The van der Waals surface area contributed by atoms with E-state index in [1.54, 1.807) is 24.3 Å². The predicted octanol–water partition coefficient (Wildman–Crippen LogP) is 3.58. The number of sulfonamides is 1. The summed E-state index contributed by atoms with van der Waals surface area (Å²) in [5.74, 6) is 0.255. The van der Waals surface area contributed by atoms with E-state index in [-0.39, 0.29) is 5.91 Å². The minimum atomic E-state index is -3.60. The first-order chi connectivity index (χ1) is 11.8. The van der Waals surface area contributed by atoms with E-state index in [1.807, 2.05) is 6.92 Å². The van der Waals surface area contributed by atoms with Crippen molar-refractivity contribution in [2.45, 2.75) is 51.5 Å². The SMILES string of the molecule is CC[C@@H](C(=O)NCC1CCCCC1)N(c1ccc(Cl)cc1)S(C)(=O)=O. The lowest BCUT2D eigenvalue weighted by Crippen LogP contribution is -2.50. The van der Waals surface area contributed by atoms with Gasteiger partial charge in [0.05, 0.1) is 11.9 Å². The highest BCUT2D eigenvalue weighted by atomic mass is 35.5. The lowest BCUT2D eigenvalue weighted by atomic mass is 9.89. The number of halogens is 1. The molecule has 0 radical (unpaired) electrons. The summed E-state index contributed by atoms with van der Waals surface area (Å²) in [6.07, 6.45) is 7.45. The maximum absolute atomic E-state index is 12.7. The summed E-state index contributed by atoms with van der Waals surface area (Å²) < 4.78 is 25.9. The third-order valence-electron chi connectivity index (χ3n) is 4.70. The van der Waals surface area contributed by atoms with Crippen molar-refractivity contribution in [1.29, 1.82) is 0 Å². The van der Waals surface area contributed by atoms with Gasteiger partial charge in [0.2, 0.25) is 15.9 Å². The third kappa shape index (κ3) is 5.61. The van der Waals surface area contributed by atoms with E-state index >= 15 is 0 Å². The van der Waals surface area contributed by atoms with Crippen LogP contribution in [0.1, 0.15) is 45.4 Å². The number of nitrogens with one attached hydrogen (secondary N) is 1.